The minimum absolute atomic E-state index is 0.289. The molecule has 2 aromatic carbocycles. The van der Waals surface area contributed by atoms with Gasteiger partial charge in [0.15, 0.2) is 5.82 Å². The van der Waals surface area contributed by atoms with Crippen LogP contribution in [-0.2, 0) is 7.05 Å². The lowest BCUT2D eigenvalue weighted by molar-refractivity contribution is 0.261. The molecule has 0 aliphatic carbocycles. The number of urea groups is 1. The van der Waals surface area contributed by atoms with Crippen LogP contribution < -0.4 is 15.4 Å². The van der Waals surface area contributed by atoms with Gasteiger partial charge < -0.3 is 20.3 Å². The highest BCUT2D eigenvalue weighted by Gasteiger charge is 2.17. The SMILES string of the molecule is Cc1ccc(NC(=O)Nc2ccc(OCCN(C)C)c(-c3c(F)cnn3C)c2)cc1. The van der Waals surface area contributed by atoms with Crippen LogP contribution >= 0.6 is 0 Å². The van der Waals surface area contributed by atoms with E-state index in [9.17, 15) is 9.18 Å². The third-order valence-corrected chi connectivity index (χ3v) is 4.49. The first-order valence-corrected chi connectivity index (χ1v) is 9.57. The van der Waals surface area contributed by atoms with E-state index < -0.39 is 11.8 Å². The maximum Gasteiger partial charge on any atom is 0.323 e. The molecule has 1 aromatic heterocycles. The van der Waals surface area contributed by atoms with Gasteiger partial charge >= 0.3 is 6.03 Å². The molecule has 7 nitrogen and oxygen atoms in total. The molecule has 0 bridgehead atoms. The molecule has 0 atom stereocenters. The maximum atomic E-state index is 14.4. The Labute approximate surface area is 175 Å². The number of benzene rings is 2. The van der Waals surface area contributed by atoms with E-state index in [1.165, 1.54) is 4.68 Å². The predicted octanol–water partition coefficient (Wildman–Crippen LogP) is 4.12. The van der Waals surface area contributed by atoms with Crippen molar-refractivity contribution >= 4 is 17.4 Å². The van der Waals surface area contributed by atoms with Crippen LogP contribution in [0.2, 0.25) is 0 Å². The summed E-state index contributed by atoms with van der Waals surface area (Å²) in [5, 5.41) is 9.53. The van der Waals surface area contributed by atoms with Gasteiger partial charge in [-0.3, -0.25) is 4.68 Å². The Balaban J connectivity index is 1.82. The van der Waals surface area contributed by atoms with Crippen molar-refractivity contribution in [1.82, 2.24) is 14.7 Å². The van der Waals surface area contributed by atoms with Crippen LogP contribution in [0.15, 0.2) is 48.7 Å². The van der Waals surface area contributed by atoms with E-state index in [2.05, 4.69) is 15.7 Å². The number of aromatic nitrogens is 2. The Morgan fingerprint density at radius 3 is 2.43 bits per heavy atom. The number of amides is 2. The first-order valence-electron chi connectivity index (χ1n) is 9.57. The second-order valence-electron chi connectivity index (χ2n) is 7.27. The van der Waals surface area contributed by atoms with E-state index in [0.717, 1.165) is 11.8 Å². The Hall–Kier alpha value is -3.39. The van der Waals surface area contributed by atoms with E-state index >= 15 is 0 Å². The molecular weight excluding hydrogens is 385 g/mol. The van der Waals surface area contributed by atoms with Crippen molar-refractivity contribution in [2.75, 3.05) is 37.9 Å². The minimum Gasteiger partial charge on any atom is -0.492 e. The normalized spacial score (nSPS) is 10.9. The van der Waals surface area contributed by atoms with Crippen LogP contribution in [0.4, 0.5) is 20.6 Å². The molecule has 158 valence electrons. The molecule has 1 heterocycles. The summed E-state index contributed by atoms with van der Waals surface area (Å²) in [4.78, 5) is 14.4. The van der Waals surface area contributed by atoms with Crippen molar-refractivity contribution < 1.29 is 13.9 Å². The molecule has 0 saturated carbocycles. The van der Waals surface area contributed by atoms with Gasteiger partial charge in [-0.15, -0.1) is 0 Å². The summed E-state index contributed by atoms with van der Waals surface area (Å²) >= 11 is 0. The van der Waals surface area contributed by atoms with Gasteiger partial charge in [-0.1, -0.05) is 17.7 Å². The molecule has 8 heteroatoms. The van der Waals surface area contributed by atoms with E-state index in [4.69, 9.17) is 4.74 Å². The lowest BCUT2D eigenvalue weighted by Gasteiger charge is -2.16. The number of rotatable bonds is 7. The molecule has 2 N–H and O–H groups in total. The number of ether oxygens (including phenoxy) is 1. The van der Waals surface area contributed by atoms with Crippen molar-refractivity contribution in [3.63, 3.8) is 0 Å². The first kappa shape index (κ1) is 21.3. The molecule has 0 aliphatic heterocycles. The quantitative estimate of drug-likeness (QED) is 0.614. The van der Waals surface area contributed by atoms with Gasteiger partial charge in [0.05, 0.1) is 6.20 Å². The number of nitrogens with one attached hydrogen (secondary N) is 2. The fourth-order valence-corrected chi connectivity index (χ4v) is 2.90. The number of likely N-dealkylation sites (N-methyl/N-ethyl adjacent to an activating group) is 1. The third kappa shape index (κ3) is 5.36. The summed E-state index contributed by atoms with van der Waals surface area (Å²) in [5.41, 5.74) is 3.10. The molecule has 0 fully saturated rings. The van der Waals surface area contributed by atoms with Crippen LogP contribution in [0.25, 0.3) is 11.3 Å². The summed E-state index contributed by atoms with van der Waals surface area (Å²) < 4.78 is 21.7. The second-order valence-corrected chi connectivity index (χ2v) is 7.27. The fourth-order valence-electron chi connectivity index (χ4n) is 2.90. The summed E-state index contributed by atoms with van der Waals surface area (Å²) in [7, 11) is 5.56. The highest BCUT2D eigenvalue weighted by atomic mass is 19.1. The van der Waals surface area contributed by atoms with Crippen LogP contribution in [0.3, 0.4) is 0 Å². The first-order chi connectivity index (χ1) is 14.3. The minimum atomic E-state index is -0.462. The predicted molar refractivity (Wildman–Crippen MR) is 116 cm³/mol. The van der Waals surface area contributed by atoms with Crippen LogP contribution in [0.5, 0.6) is 5.75 Å². The second kappa shape index (κ2) is 9.41. The Bertz CT molecular complexity index is 995. The number of nitrogens with zero attached hydrogens (tertiary/aromatic N) is 3. The van der Waals surface area contributed by atoms with E-state index in [1.54, 1.807) is 25.2 Å². The number of hydrogen-bond acceptors (Lipinski definition) is 4. The molecule has 2 amide bonds. The molecule has 3 aromatic rings. The molecule has 0 unspecified atom stereocenters. The molecule has 0 saturated heterocycles. The number of carbonyl (C=O) groups excluding carboxylic acids is 1. The number of anilines is 2. The molecule has 3 rings (SSSR count). The van der Waals surface area contributed by atoms with Gasteiger partial charge in [0, 0.05) is 30.5 Å². The molecular formula is C22H26FN5O2. The van der Waals surface area contributed by atoms with Crippen molar-refractivity contribution in [1.29, 1.82) is 0 Å². The standard InChI is InChI=1S/C22H26FN5O2/c1-15-5-7-16(8-6-15)25-22(29)26-17-9-10-20(30-12-11-27(2)3)18(13-17)21-19(23)14-24-28(21)4/h5-10,13-14H,11-12H2,1-4H3,(H2,25,26,29). The largest absolute Gasteiger partial charge is 0.492 e. The average molecular weight is 411 g/mol. The molecule has 0 radical (unpaired) electrons. The fraction of sp³-hybridized carbons (Fsp3) is 0.273. The summed E-state index contributed by atoms with van der Waals surface area (Å²) in [6.07, 6.45) is 1.16. The zero-order valence-corrected chi connectivity index (χ0v) is 17.6. The van der Waals surface area contributed by atoms with Crippen LogP contribution in [0.1, 0.15) is 5.56 Å². The molecule has 0 aliphatic rings. The number of aryl methyl sites for hydroxylation is 2. The summed E-state index contributed by atoms with van der Waals surface area (Å²) in [6, 6.07) is 12.2. The topological polar surface area (TPSA) is 71.4 Å². The van der Waals surface area contributed by atoms with Gasteiger partial charge in [-0.2, -0.15) is 5.10 Å². The maximum absolute atomic E-state index is 14.4. The lowest BCUT2D eigenvalue weighted by Crippen LogP contribution is -2.20. The van der Waals surface area contributed by atoms with Crippen molar-refractivity contribution in [2.24, 2.45) is 7.05 Å². The van der Waals surface area contributed by atoms with Crippen molar-refractivity contribution in [2.45, 2.75) is 6.92 Å². The smallest absolute Gasteiger partial charge is 0.323 e. The van der Waals surface area contributed by atoms with Gasteiger partial charge in [0.2, 0.25) is 0 Å². The van der Waals surface area contributed by atoms with Crippen molar-refractivity contribution in [3.05, 3.63) is 60.0 Å². The monoisotopic (exact) mass is 411 g/mol. The lowest BCUT2D eigenvalue weighted by atomic mass is 10.1. The van der Waals surface area contributed by atoms with Gasteiger partial charge in [-0.25, -0.2) is 9.18 Å². The highest BCUT2D eigenvalue weighted by molar-refractivity contribution is 6.00. The van der Waals surface area contributed by atoms with Gasteiger partial charge in [-0.05, 0) is 51.4 Å². The highest BCUT2D eigenvalue weighted by Crippen LogP contribution is 2.34. The van der Waals surface area contributed by atoms with E-state index in [-0.39, 0.29) is 5.69 Å². The molecule has 0 spiro atoms. The summed E-state index contributed by atoms with van der Waals surface area (Å²) in [5.74, 6) is 0.0556. The van der Waals surface area contributed by atoms with E-state index in [1.807, 2.05) is 50.2 Å². The summed E-state index contributed by atoms with van der Waals surface area (Å²) in [6.45, 7) is 3.14. The zero-order chi connectivity index (χ0) is 21.7. The number of halogens is 1. The van der Waals surface area contributed by atoms with Crippen molar-refractivity contribution in [3.8, 4) is 17.0 Å². The third-order valence-electron chi connectivity index (χ3n) is 4.49. The number of hydrogen-bond donors (Lipinski definition) is 2. The Kier molecular flexibility index (Phi) is 6.68. The zero-order valence-electron chi connectivity index (χ0n) is 17.6. The van der Waals surface area contributed by atoms with E-state index in [0.29, 0.717) is 35.8 Å². The average Bonchev–Trinajstić information content (AvgIpc) is 3.02. The Morgan fingerprint density at radius 2 is 1.80 bits per heavy atom. The molecule has 30 heavy (non-hydrogen) atoms. The van der Waals surface area contributed by atoms with Gasteiger partial charge in [0.25, 0.3) is 0 Å². The van der Waals surface area contributed by atoms with Crippen LogP contribution in [-0.4, -0.2) is 48.0 Å². The van der Waals surface area contributed by atoms with Crippen LogP contribution in [0, 0.1) is 12.7 Å². The Morgan fingerprint density at radius 1 is 1.13 bits per heavy atom. The van der Waals surface area contributed by atoms with Gasteiger partial charge in [0.1, 0.15) is 18.1 Å². The number of carbonyl (C=O) groups is 1.